The largest absolute Gasteiger partial charge is 0.343 e. The number of hydrogen-bond donors (Lipinski definition) is 0. The summed E-state index contributed by atoms with van der Waals surface area (Å²) in [5.41, 5.74) is 0.814. The summed E-state index contributed by atoms with van der Waals surface area (Å²) < 4.78 is 0. The molecule has 0 N–H and O–H groups in total. The topological polar surface area (TPSA) is 37.4 Å². The minimum absolute atomic E-state index is 0.0337. The molecule has 1 saturated heterocycles. The zero-order chi connectivity index (χ0) is 14.8. The molecule has 0 aromatic heterocycles. The first-order chi connectivity index (χ1) is 10.2. The number of piperidine rings is 1. The molecule has 21 heavy (non-hydrogen) atoms. The van der Waals surface area contributed by atoms with Crippen molar-refractivity contribution in [3.05, 3.63) is 48.0 Å². The molecule has 0 radical (unpaired) electrons. The maximum absolute atomic E-state index is 12.8. The minimum Gasteiger partial charge on any atom is -0.343 e. The van der Waals surface area contributed by atoms with Crippen molar-refractivity contribution in [3.63, 3.8) is 0 Å². The first kappa shape index (κ1) is 13.8. The van der Waals surface area contributed by atoms with E-state index in [4.69, 9.17) is 0 Å². The number of carbonyl (C=O) groups excluding carboxylic acids is 2. The van der Waals surface area contributed by atoms with Crippen molar-refractivity contribution in [2.75, 3.05) is 13.1 Å². The molecular formula is C18H19NO2. The van der Waals surface area contributed by atoms with Crippen molar-refractivity contribution >= 4 is 22.5 Å². The number of amides is 1. The van der Waals surface area contributed by atoms with Crippen molar-refractivity contribution in [1.82, 2.24) is 4.90 Å². The van der Waals surface area contributed by atoms with Gasteiger partial charge in [0, 0.05) is 31.5 Å². The highest BCUT2D eigenvalue weighted by Gasteiger charge is 2.27. The molecule has 1 aliphatic rings. The second-order valence-corrected chi connectivity index (χ2v) is 5.67. The Morgan fingerprint density at radius 1 is 1.00 bits per heavy atom. The van der Waals surface area contributed by atoms with Gasteiger partial charge >= 0.3 is 0 Å². The van der Waals surface area contributed by atoms with E-state index in [-0.39, 0.29) is 17.6 Å². The fourth-order valence-corrected chi connectivity index (χ4v) is 3.12. The lowest BCUT2D eigenvalue weighted by molar-refractivity contribution is -0.130. The summed E-state index contributed by atoms with van der Waals surface area (Å²) in [6.45, 7) is 2.97. The van der Waals surface area contributed by atoms with Gasteiger partial charge in [-0.05, 0) is 23.6 Å². The van der Waals surface area contributed by atoms with Crippen LogP contribution in [0, 0.1) is 5.92 Å². The van der Waals surface area contributed by atoms with Gasteiger partial charge in [-0.15, -0.1) is 0 Å². The first-order valence-corrected chi connectivity index (χ1v) is 7.44. The summed E-state index contributed by atoms with van der Waals surface area (Å²) in [5, 5.41) is 2.13. The maximum Gasteiger partial charge on any atom is 0.219 e. The Bertz CT molecular complexity index is 679. The molecule has 1 aliphatic heterocycles. The molecule has 3 nitrogen and oxygen atoms in total. The number of hydrogen-bond acceptors (Lipinski definition) is 2. The summed E-state index contributed by atoms with van der Waals surface area (Å²) >= 11 is 0. The van der Waals surface area contributed by atoms with Gasteiger partial charge in [0.2, 0.25) is 5.91 Å². The van der Waals surface area contributed by atoms with Gasteiger partial charge in [0.05, 0.1) is 0 Å². The Balaban J connectivity index is 1.84. The first-order valence-electron chi connectivity index (χ1n) is 7.44. The highest BCUT2D eigenvalue weighted by molar-refractivity contribution is 6.09. The third-order valence-corrected chi connectivity index (χ3v) is 4.37. The Morgan fingerprint density at radius 3 is 2.38 bits per heavy atom. The predicted molar refractivity (Wildman–Crippen MR) is 83.3 cm³/mol. The van der Waals surface area contributed by atoms with Crippen LogP contribution in [0.1, 0.15) is 30.1 Å². The third-order valence-electron chi connectivity index (χ3n) is 4.37. The molecular weight excluding hydrogens is 262 g/mol. The standard InChI is InChI=1S/C18H19NO2/c1-13(20)19-11-9-15(10-12-19)18(21)17-8-4-6-14-5-2-3-7-16(14)17/h2-8,15H,9-12H2,1H3. The Hall–Kier alpha value is -2.16. The van der Waals surface area contributed by atoms with Crippen molar-refractivity contribution < 1.29 is 9.59 Å². The highest BCUT2D eigenvalue weighted by atomic mass is 16.2. The number of ketones is 1. The van der Waals surface area contributed by atoms with Gasteiger partial charge in [0.1, 0.15) is 0 Å². The van der Waals surface area contributed by atoms with E-state index < -0.39 is 0 Å². The summed E-state index contributed by atoms with van der Waals surface area (Å²) in [6, 6.07) is 13.9. The Labute approximate surface area is 124 Å². The van der Waals surface area contributed by atoms with Crippen molar-refractivity contribution in [2.24, 2.45) is 5.92 Å². The number of Topliss-reactive ketones (excluding diaryl/α,β-unsaturated/α-hetero) is 1. The van der Waals surface area contributed by atoms with E-state index in [1.807, 2.05) is 47.4 Å². The number of nitrogens with zero attached hydrogens (tertiary/aromatic N) is 1. The Morgan fingerprint density at radius 2 is 1.67 bits per heavy atom. The minimum atomic E-state index is 0.0337. The van der Waals surface area contributed by atoms with Gasteiger partial charge in [0.25, 0.3) is 0 Å². The van der Waals surface area contributed by atoms with Crippen molar-refractivity contribution in [1.29, 1.82) is 0 Å². The molecule has 3 rings (SSSR count). The van der Waals surface area contributed by atoms with E-state index in [1.54, 1.807) is 6.92 Å². The summed E-state index contributed by atoms with van der Waals surface area (Å²) in [7, 11) is 0. The van der Waals surface area contributed by atoms with Crippen molar-refractivity contribution in [3.8, 4) is 0 Å². The van der Waals surface area contributed by atoms with E-state index in [2.05, 4.69) is 0 Å². The number of benzene rings is 2. The van der Waals surface area contributed by atoms with Crippen LogP contribution in [0.3, 0.4) is 0 Å². The fraction of sp³-hybridized carbons (Fsp3) is 0.333. The molecule has 108 valence electrons. The molecule has 0 bridgehead atoms. The average Bonchev–Trinajstić information content (AvgIpc) is 2.53. The van der Waals surface area contributed by atoms with Crippen LogP contribution in [0.5, 0.6) is 0 Å². The zero-order valence-electron chi connectivity index (χ0n) is 12.2. The monoisotopic (exact) mass is 281 g/mol. The molecule has 0 saturated carbocycles. The molecule has 1 heterocycles. The number of fused-ring (bicyclic) bond motifs is 1. The van der Waals surface area contributed by atoms with Gasteiger partial charge < -0.3 is 4.90 Å². The molecule has 2 aromatic rings. The molecule has 1 fully saturated rings. The fourth-order valence-electron chi connectivity index (χ4n) is 3.12. The van der Waals surface area contributed by atoms with Crippen LogP contribution in [0.4, 0.5) is 0 Å². The lowest BCUT2D eigenvalue weighted by Crippen LogP contribution is -2.39. The lowest BCUT2D eigenvalue weighted by Gasteiger charge is -2.30. The Kier molecular flexibility index (Phi) is 3.74. The molecule has 0 spiro atoms. The number of rotatable bonds is 2. The molecule has 0 atom stereocenters. The van der Waals surface area contributed by atoms with Crippen molar-refractivity contribution in [2.45, 2.75) is 19.8 Å². The van der Waals surface area contributed by atoms with Crippen LogP contribution in [0.2, 0.25) is 0 Å². The molecule has 3 heteroatoms. The van der Waals surface area contributed by atoms with Crippen LogP contribution in [-0.2, 0) is 4.79 Å². The van der Waals surface area contributed by atoms with Crippen LogP contribution in [0.15, 0.2) is 42.5 Å². The predicted octanol–water partition coefficient (Wildman–Crippen LogP) is 3.28. The average molecular weight is 281 g/mol. The van der Waals surface area contributed by atoms with Gasteiger partial charge in [-0.25, -0.2) is 0 Å². The van der Waals surface area contributed by atoms with Gasteiger partial charge in [-0.1, -0.05) is 42.5 Å². The normalized spacial score (nSPS) is 16.1. The molecule has 0 unspecified atom stereocenters. The summed E-state index contributed by atoms with van der Waals surface area (Å²) in [4.78, 5) is 26.0. The van der Waals surface area contributed by atoms with Gasteiger partial charge in [-0.2, -0.15) is 0 Å². The quantitative estimate of drug-likeness (QED) is 0.792. The third kappa shape index (κ3) is 2.68. The van der Waals surface area contributed by atoms with E-state index in [1.165, 1.54) is 0 Å². The number of carbonyl (C=O) groups is 2. The highest BCUT2D eigenvalue weighted by Crippen LogP contribution is 2.26. The van der Waals surface area contributed by atoms with E-state index >= 15 is 0 Å². The second-order valence-electron chi connectivity index (χ2n) is 5.67. The smallest absolute Gasteiger partial charge is 0.219 e. The number of likely N-dealkylation sites (tertiary alicyclic amines) is 1. The molecule has 2 aromatic carbocycles. The van der Waals surface area contributed by atoms with Gasteiger partial charge in [0.15, 0.2) is 5.78 Å². The zero-order valence-corrected chi connectivity index (χ0v) is 12.2. The van der Waals surface area contributed by atoms with E-state index in [0.717, 1.165) is 29.2 Å². The summed E-state index contributed by atoms with van der Waals surface area (Å²) in [5.74, 6) is 0.354. The van der Waals surface area contributed by atoms with E-state index in [9.17, 15) is 9.59 Å². The van der Waals surface area contributed by atoms with Crippen LogP contribution in [0.25, 0.3) is 10.8 Å². The van der Waals surface area contributed by atoms with Gasteiger partial charge in [-0.3, -0.25) is 9.59 Å². The van der Waals surface area contributed by atoms with Crippen LogP contribution < -0.4 is 0 Å². The summed E-state index contributed by atoms with van der Waals surface area (Å²) in [6.07, 6.45) is 1.53. The van der Waals surface area contributed by atoms with Crippen LogP contribution >= 0.6 is 0 Å². The second kappa shape index (κ2) is 5.68. The lowest BCUT2D eigenvalue weighted by atomic mass is 9.87. The molecule has 0 aliphatic carbocycles. The van der Waals surface area contributed by atoms with Crippen LogP contribution in [-0.4, -0.2) is 29.7 Å². The maximum atomic E-state index is 12.8. The van der Waals surface area contributed by atoms with E-state index in [0.29, 0.717) is 13.1 Å². The SMILES string of the molecule is CC(=O)N1CCC(C(=O)c2cccc3ccccc23)CC1. The molecule has 1 amide bonds.